The number of hydrogen-bond acceptors (Lipinski definition) is 4. The average Bonchev–Trinajstić information content (AvgIpc) is 3.00. The van der Waals surface area contributed by atoms with Crippen molar-refractivity contribution >= 4 is 40.6 Å². The number of carbonyl (C=O) groups excluding carboxylic acids is 1. The number of rotatable bonds is 4. The van der Waals surface area contributed by atoms with Crippen LogP contribution >= 0.6 is 23.8 Å². The largest absolute Gasteiger partial charge is 0.465 e. The van der Waals surface area contributed by atoms with Crippen LogP contribution in [-0.4, -0.2) is 37.4 Å². The van der Waals surface area contributed by atoms with Crippen LogP contribution in [0.5, 0.6) is 0 Å². The van der Waals surface area contributed by atoms with Gasteiger partial charge >= 0.3 is 5.97 Å². The van der Waals surface area contributed by atoms with Crippen LogP contribution in [0.1, 0.15) is 23.2 Å². The van der Waals surface area contributed by atoms with Gasteiger partial charge in [0, 0.05) is 13.2 Å². The van der Waals surface area contributed by atoms with Crippen molar-refractivity contribution < 1.29 is 14.3 Å². The first-order valence-corrected chi connectivity index (χ1v) is 7.43. The third-order valence-electron chi connectivity index (χ3n) is 3.15. The summed E-state index contributed by atoms with van der Waals surface area (Å²) in [6.45, 7) is 1.46. The number of hydrogen-bond donors (Lipinski definition) is 2. The topological polar surface area (TPSA) is 59.6 Å². The van der Waals surface area contributed by atoms with E-state index in [1.165, 1.54) is 7.11 Å². The Labute approximate surface area is 133 Å². The van der Waals surface area contributed by atoms with E-state index in [2.05, 4.69) is 15.4 Å². The van der Waals surface area contributed by atoms with Crippen LogP contribution in [0.25, 0.3) is 0 Å². The molecule has 1 heterocycles. The molecule has 114 valence electrons. The van der Waals surface area contributed by atoms with Crippen LogP contribution < -0.4 is 10.6 Å². The number of carbonyl (C=O) groups is 1. The van der Waals surface area contributed by atoms with Gasteiger partial charge in [-0.15, -0.1) is 0 Å². The lowest BCUT2D eigenvalue weighted by molar-refractivity contribution is 0.0601. The summed E-state index contributed by atoms with van der Waals surface area (Å²) in [5, 5.41) is 6.98. The minimum atomic E-state index is -0.423. The van der Waals surface area contributed by atoms with Gasteiger partial charge in [-0.25, -0.2) is 4.79 Å². The average molecular weight is 329 g/mol. The summed E-state index contributed by atoms with van der Waals surface area (Å²) in [7, 11) is 1.33. The third kappa shape index (κ3) is 4.56. The molecule has 0 bridgehead atoms. The number of thiocarbonyl (C=S) groups is 1. The lowest BCUT2D eigenvalue weighted by atomic mass is 10.2. The number of esters is 1. The molecule has 1 aromatic carbocycles. The van der Waals surface area contributed by atoms with Crippen LogP contribution in [0.2, 0.25) is 5.02 Å². The fraction of sp³-hybridized carbons (Fsp3) is 0.429. The Balaban J connectivity index is 1.94. The van der Waals surface area contributed by atoms with Gasteiger partial charge in [-0.1, -0.05) is 11.6 Å². The highest BCUT2D eigenvalue weighted by Gasteiger charge is 2.16. The maximum absolute atomic E-state index is 11.5. The van der Waals surface area contributed by atoms with Gasteiger partial charge in [0.2, 0.25) is 0 Å². The highest BCUT2D eigenvalue weighted by atomic mass is 35.5. The fourth-order valence-corrected chi connectivity index (χ4v) is 2.40. The molecule has 1 fully saturated rings. The molecule has 0 aliphatic carbocycles. The molecule has 0 radical (unpaired) electrons. The lowest BCUT2D eigenvalue weighted by Gasteiger charge is -2.15. The van der Waals surface area contributed by atoms with Crippen molar-refractivity contribution in [2.45, 2.75) is 18.9 Å². The molecule has 1 atom stereocenters. The molecule has 1 aromatic rings. The smallest absolute Gasteiger partial charge is 0.337 e. The first kappa shape index (κ1) is 16.0. The zero-order valence-electron chi connectivity index (χ0n) is 11.6. The second-order valence-corrected chi connectivity index (χ2v) is 5.47. The number of methoxy groups -OCH3 is 1. The van der Waals surface area contributed by atoms with Gasteiger partial charge in [-0.05, 0) is 43.3 Å². The highest BCUT2D eigenvalue weighted by molar-refractivity contribution is 7.80. The number of anilines is 1. The predicted molar refractivity (Wildman–Crippen MR) is 86.0 cm³/mol. The van der Waals surface area contributed by atoms with Gasteiger partial charge in [-0.2, -0.15) is 0 Å². The van der Waals surface area contributed by atoms with Gasteiger partial charge in [-0.3, -0.25) is 0 Å². The predicted octanol–water partition coefficient (Wildman–Crippen LogP) is 2.59. The van der Waals surface area contributed by atoms with Crippen molar-refractivity contribution in [2.24, 2.45) is 0 Å². The van der Waals surface area contributed by atoms with Crippen molar-refractivity contribution in [3.8, 4) is 0 Å². The molecule has 2 N–H and O–H groups in total. The van der Waals surface area contributed by atoms with Crippen LogP contribution in [0, 0.1) is 0 Å². The normalized spacial score (nSPS) is 17.3. The van der Waals surface area contributed by atoms with E-state index >= 15 is 0 Å². The Bertz CT molecular complexity index is 533. The lowest BCUT2D eigenvalue weighted by Crippen LogP contribution is -2.34. The molecule has 1 aliphatic rings. The summed E-state index contributed by atoms with van der Waals surface area (Å²) >= 11 is 11.3. The maximum Gasteiger partial charge on any atom is 0.337 e. The van der Waals surface area contributed by atoms with Gasteiger partial charge in [0.1, 0.15) is 0 Å². The molecular weight excluding hydrogens is 312 g/mol. The minimum absolute atomic E-state index is 0.196. The second kappa shape index (κ2) is 7.59. The van der Waals surface area contributed by atoms with E-state index in [-0.39, 0.29) is 6.10 Å². The van der Waals surface area contributed by atoms with Crippen molar-refractivity contribution in [3.63, 3.8) is 0 Å². The summed E-state index contributed by atoms with van der Waals surface area (Å²) in [5.41, 5.74) is 0.968. The summed E-state index contributed by atoms with van der Waals surface area (Å²) in [6.07, 6.45) is 2.31. The fourth-order valence-electron chi connectivity index (χ4n) is 2.04. The van der Waals surface area contributed by atoms with Crippen LogP contribution in [0.4, 0.5) is 5.69 Å². The van der Waals surface area contributed by atoms with Gasteiger partial charge in [0.25, 0.3) is 0 Å². The Morgan fingerprint density at radius 3 is 3.05 bits per heavy atom. The minimum Gasteiger partial charge on any atom is -0.465 e. The Morgan fingerprint density at radius 2 is 2.38 bits per heavy atom. The molecule has 1 unspecified atom stereocenters. The Kier molecular flexibility index (Phi) is 5.78. The van der Waals surface area contributed by atoms with Crippen molar-refractivity contribution in [1.29, 1.82) is 0 Å². The molecule has 0 spiro atoms. The zero-order chi connectivity index (χ0) is 15.2. The molecule has 1 saturated heterocycles. The molecule has 5 nitrogen and oxygen atoms in total. The zero-order valence-corrected chi connectivity index (χ0v) is 13.2. The van der Waals surface area contributed by atoms with Gasteiger partial charge in [0.15, 0.2) is 5.11 Å². The molecule has 0 saturated carbocycles. The van der Waals surface area contributed by atoms with E-state index in [1.54, 1.807) is 18.2 Å². The first-order valence-electron chi connectivity index (χ1n) is 6.64. The van der Waals surface area contributed by atoms with Gasteiger partial charge < -0.3 is 20.1 Å². The molecule has 0 amide bonds. The quantitative estimate of drug-likeness (QED) is 0.654. The maximum atomic E-state index is 11.5. The monoisotopic (exact) mass is 328 g/mol. The summed E-state index contributed by atoms with van der Waals surface area (Å²) in [4.78, 5) is 11.5. The van der Waals surface area contributed by atoms with E-state index in [4.69, 9.17) is 28.6 Å². The number of ether oxygens (including phenoxy) is 2. The Hall–Kier alpha value is -1.37. The Morgan fingerprint density at radius 1 is 1.57 bits per heavy atom. The molecule has 2 rings (SSSR count). The highest BCUT2D eigenvalue weighted by Crippen LogP contribution is 2.23. The van der Waals surface area contributed by atoms with E-state index in [1.807, 2.05) is 0 Å². The van der Waals surface area contributed by atoms with Crippen molar-refractivity contribution in [3.05, 3.63) is 28.8 Å². The molecule has 21 heavy (non-hydrogen) atoms. The number of halogens is 1. The van der Waals surface area contributed by atoms with Crippen LogP contribution in [0.15, 0.2) is 18.2 Å². The van der Waals surface area contributed by atoms with Gasteiger partial charge in [0.05, 0.1) is 29.5 Å². The first-order chi connectivity index (χ1) is 10.1. The summed E-state index contributed by atoms with van der Waals surface area (Å²) in [5.74, 6) is -0.423. The third-order valence-corrected chi connectivity index (χ3v) is 3.73. The molecule has 1 aliphatic heterocycles. The molecular formula is C14H17ClN2O3S. The summed E-state index contributed by atoms with van der Waals surface area (Å²) in [6, 6.07) is 4.83. The van der Waals surface area contributed by atoms with Crippen molar-refractivity contribution in [2.75, 3.05) is 25.6 Å². The molecule has 0 aromatic heterocycles. The van der Waals surface area contributed by atoms with E-state index in [0.29, 0.717) is 27.9 Å². The van der Waals surface area contributed by atoms with E-state index < -0.39 is 5.97 Å². The van der Waals surface area contributed by atoms with E-state index in [0.717, 1.165) is 19.4 Å². The summed E-state index contributed by atoms with van der Waals surface area (Å²) < 4.78 is 10.2. The number of nitrogens with one attached hydrogen (secondary N) is 2. The molecule has 7 heteroatoms. The number of benzene rings is 1. The van der Waals surface area contributed by atoms with E-state index in [9.17, 15) is 4.79 Å². The van der Waals surface area contributed by atoms with Crippen LogP contribution in [-0.2, 0) is 9.47 Å². The SMILES string of the molecule is COC(=O)c1ccc(Cl)c(NC(=S)NCC2CCCO2)c1. The second-order valence-electron chi connectivity index (χ2n) is 4.66. The van der Waals surface area contributed by atoms with Crippen LogP contribution in [0.3, 0.4) is 0 Å². The van der Waals surface area contributed by atoms with Crippen molar-refractivity contribution in [1.82, 2.24) is 5.32 Å². The standard InChI is InChI=1S/C14H17ClN2O3S/c1-19-13(18)9-4-5-11(15)12(7-9)17-14(21)16-8-10-3-2-6-20-10/h4-5,7,10H,2-3,6,8H2,1H3,(H2,16,17,21).